The zero-order valence-electron chi connectivity index (χ0n) is 19.3. The highest BCUT2D eigenvalue weighted by Gasteiger charge is 2.30. The number of morpholine rings is 1. The van der Waals surface area contributed by atoms with Crippen molar-refractivity contribution in [1.82, 2.24) is 15.5 Å². The van der Waals surface area contributed by atoms with Gasteiger partial charge in [-0.05, 0) is 62.1 Å². The van der Waals surface area contributed by atoms with Crippen molar-refractivity contribution < 1.29 is 19.4 Å². The van der Waals surface area contributed by atoms with Crippen LogP contribution >= 0.6 is 0 Å². The van der Waals surface area contributed by atoms with Crippen LogP contribution < -0.4 is 10.6 Å². The van der Waals surface area contributed by atoms with Crippen molar-refractivity contribution in [1.29, 1.82) is 0 Å². The molecule has 7 heteroatoms. The predicted octanol–water partition coefficient (Wildman–Crippen LogP) is 1.78. The number of rotatable bonds is 7. The first-order valence-corrected chi connectivity index (χ1v) is 11.7. The Morgan fingerprint density at radius 2 is 1.55 bits per heavy atom. The molecule has 0 radical (unpaired) electrons. The van der Waals surface area contributed by atoms with Crippen LogP contribution in [0.5, 0.6) is 0 Å². The van der Waals surface area contributed by atoms with Crippen LogP contribution in [0.4, 0.5) is 0 Å². The maximum atomic E-state index is 12.9. The topological polar surface area (TPSA) is 90.9 Å². The molecular formula is C26H33N3O4. The second-order valence-electron chi connectivity index (χ2n) is 9.17. The molecule has 1 aliphatic carbocycles. The van der Waals surface area contributed by atoms with Gasteiger partial charge < -0.3 is 25.4 Å². The van der Waals surface area contributed by atoms with Gasteiger partial charge >= 0.3 is 0 Å². The minimum Gasteiger partial charge on any atom is -0.390 e. The van der Waals surface area contributed by atoms with Crippen molar-refractivity contribution in [3.63, 3.8) is 0 Å². The number of carbonyl (C=O) groups is 2. The molecule has 3 atom stereocenters. The van der Waals surface area contributed by atoms with Gasteiger partial charge in [0.15, 0.2) is 0 Å². The number of nitrogens with one attached hydrogen (secondary N) is 2. The van der Waals surface area contributed by atoms with Crippen LogP contribution in [0.25, 0.3) is 0 Å². The van der Waals surface area contributed by atoms with E-state index in [1.165, 1.54) is 11.1 Å². The number of amides is 2. The lowest BCUT2D eigenvalue weighted by molar-refractivity contribution is -0.0249. The molecule has 1 fully saturated rings. The molecule has 7 nitrogen and oxygen atoms in total. The van der Waals surface area contributed by atoms with E-state index in [9.17, 15) is 14.7 Å². The van der Waals surface area contributed by atoms with Gasteiger partial charge in [-0.25, -0.2) is 0 Å². The van der Waals surface area contributed by atoms with Crippen LogP contribution in [-0.2, 0) is 17.6 Å². The Labute approximate surface area is 195 Å². The van der Waals surface area contributed by atoms with E-state index in [2.05, 4.69) is 34.9 Å². The molecule has 0 bridgehead atoms. The summed E-state index contributed by atoms with van der Waals surface area (Å²) >= 11 is 0. The van der Waals surface area contributed by atoms with E-state index < -0.39 is 6.10 Å². The van der Waals surface area contributed by atoms with Crippen LogP contribution in [0.2, 0.25) is 0 Å². The van der Waals surface area contributed by atoms with Gasteiger partial charge in [-0.1, -0.05) is 24.3 Å². The standard InChI is InChI=1S/C26H33N3O4/c1-17-15-33-16-18(2)29(17)26(32)20-9-7-19(8-10-20)25(31)28-14-24(30)13-27-23-11-21-5-3-4-6-22(21)12-23/h3-10,17-18,23-24,27,30H,11-16H2,1-2H3,(H,28,31)/t17-,18-,24?/m1/s1. The van der Waals surface area contributed by atoms with Gasteiger partial charge in [-0.15, -0.1) is 0 Å². The molecule has 4 rings (SSSR count). The highest BCUT2D eigenvalue weighted by Crippen LogP contribution is 2.21. The molecule has 2 aliphatic rings. The van der Waals surface area contributed by atoms with E-state index >= 15 is 0 Å². The minimum atomic E-state index is -0.678. The average molecular weight is 452 g/mol. The molecule has 2 aromatic carbocycles. The fraction of sp³-hybridized carbons (Fsp3) is 0.462. The van der Waals surface area contributed by atoms with Crippen molar-refractivity contribution in [3.05, 3.63) is 70.8 Å². The van der Waals surface area contributed by atoms with Gasteiger partial charge in [0.05, 0.1) is 31.4 Å². The average Bonchev–Trinajstić information content (AvgIpc) is 3.24. The second-order valence-corrected chi connectivity index (χ2v) is 9.17. The number of hydrogen-bond acceptors (Lipinski definition) is 5. The number of hydrogen-bond donors (Lipinski definition) is 3. The summed E-state index contributed by atoms with van der Waals surface area (Å²) in [5.41, 5.74) is 3.73. The highest BCUT2D eigenvalue weighted by molar-refractivity contribution is 5.98. The third-order valence-electron chi connectivity index (χ3n) is 6.49. The molecule has 0 saturated carbocycles. The molecule has 2 amide bonds. The summed E-state index contributed by atoms with van der Waals surface area (Å²) in [5, 5.41) is 16.5. The van der Waals surface area contributed by atoms with Gasteiger partial charge in [0.1, 0.15) is 0 Å². The van der Waals surface area contributed by atoms with Gasteiger partial charge in [0.25, 0.3) is 11.8 Å². The zero-order valence-corrected chi connectivity index (χ0v) is 19.3. The Kier molecular flexibility index (Phi) is 7.42. The number of nitrogens with zero attached hydrogens (tertiary/aromatic N) is 1. The lowest BCUT2D eigenvalue weighted by atomic mass is 10.1. The number of ether oxygens (including phenoxy) is 1. The Bertz CT molecular complexity index is 943. The van der Waals surface area contributed by atoms with Crippen LogP contribution in [0.15, 0.2) is 48.5 Å². The fourth-order valence-corrected chi connectivity index (χ4v) is 4.71. The SMILES string of the molecule is C[C@@H]1COC[C@@H](C)N1C(=O)c1ccc(C(=O)NCC(O)CNC2Cc3ccccc3C2)cc1. The smallest absolute Gasteiger partial charge is 0.254 e. The van der Waals surface area contributed by atoms with Crippen LogP contribution in [0, 0.1) is 0 Å². The molecule has 1 heterocycles. The number of carbonyl (C=O) groups excluding carboxylic acids is 2. The van der Waals surface area contributed by atoms with E-state index in [-0.39, 0.29) is 30.4 Å². The molecule has 0 aromatic heterocycles. The molecule has 1 aliphatic heterocycles. The molecule has 33 heavy (non-hydrogen) atoms. The summed E-state index contributed by atoms with van der Waals surface area (Å²) < 4.78 is 5.50. The molecule has 2 aromatic rings. The maximum Gasteiger partial charge on any atom is 0.254 e. The summed E-state index contributed by atoms with van der Waals surface area (Å²) in [6.45, 7) is 5.59. The molecule has 1 unspecified atom stereocenters. The van der Waals surface area contributed by atoms with Gasteiger partial charge in [-0.3, -0.25) is 9.59 Å². The van der Waals surface area contributed by atoms with Crippen LogP contribution in [0.1, 0.15) is 45.7 Å². The highest BCUT2D eigenvalue weighted by atomic mass is 16.5. The van der Waals surface area contributed by atoms with E-state index in [0.29, 0.717) is 36.9 Å². The number of fused-ring (bicyclic) bond motifs is 1. The normalized spacial score (nSPS) is 21.5. The third-order valence-corrected chi connectivity index (χ3v) is 6.49. The molecule has 176 valence electrons. The van der Waals surface area contributed by atoms with E-state index in [4.69, 9.17) is 4.74 Å². The second kappa shape index (κ2) is 10.5. The summed E-state index contributed by atoms with van der Waals surface area (Å²) in [7, 11) is 0. The van der Waals surface area contributed by atoms with Crippen LogP contribution in [0.3, 0.4) is 0 Å². The number of benzene rings is 2. The number of aliphatic hydroxyl groups excluding tert-OH is 1. The zero-order chi connectivity index (χ0) is 23.4. The molecule has 1 saturated heterocycles. The van der Waals surface area contributed by atoms with Gasteiger partial charge in [-0.2, -0.15) is 0 Å². The molecular weight excluding hydrogens is 418 g/mol. The Hall–Kier alpha value is -2.74. The van der Waals surface area contributed by atoms with E-state index in [1.54, 1.807) is 24.3 Å². The summed E-state index contributed by atoms with van der Waals surface area (Å²) in [6.07, 6.45) is 1.24. The Morgan fingerprint density at radius 1 is 0.970 bits per heavy atom. The van der Waals surface area contributed by atoms with E-state index in [1.807, 2.05) is 18.7 Å². The quantitative estimate of drug-likeness (QED) is 0.597. The summed E-state index contributed by atoms with van der Waals surface area (Å²) in [4.78, 5) is 27.2. The lowest BCUT2D eigenvalue weighted by Gasteiger charge is -2.38. The van der Waals surface area contributed by atoms with Crippen molar-refractivity contribution >= 4 is 11.8 Å². The predicted molar refractivity (Wildman–Crippen MR) is 126 cm³/mol. The Balaban J connectivity index is 1.23. The third kappa shape index (κ3) is 5.61. The summed E-state index contributed by atoms with van der Waals surface area (Å²) in [6, 6.07) is 15.4. The first kappa shape index (κ1) is 23.4. The summed E-state index contributed by atoms with van der Waals surface area (Å²) in [5.74, 6) is -0.324. The number of aliphatic hydroxyl groups is 1. The van der Waals surface area contributed by atoms with Crippen molar-refractivity contribution in [3.8, 4) is 0 Å². The van der Waals surface area contributed by atoms with Crippen molar-refractivity contribution in [2.75, 3.05) is 26.3 Å². The lowest BCUT2D eigenvalue weighted by Crippen LogP contribution is -2.52. The fourth-order valence-electron chi connectivity index (χ4n) is 4.71. The Morgan fingerprint density at radius 3 is 2.15 bits per heavy atom. The molecule has 3 N–H and O–H groups in total. The van der Waals surface area contributed by atoms with E-state index in [0.717, 1.165) is 12.8 Å². The maximum absolute atomic E-state index is 12.9. The first-order chi connectivity index (χ1) is 15.9. The largest absolute Gasteiger partial charge is 0.390 e. The van der Waals surface area contributed by atoms with Crippen LogP contribution in [-0.4, -0.2) is 72.4 Å². The van der Waals surface area contributed by atoms with Crippen molar-refractivity contribution in [2.45, 2.75) is 50.9 Å². The molecule has 0 spiro atoms. The first-order valence-electron chi connectivity index (χ1n) is 11.7. The van der Waals surface area contributed by atoms with Crippen molar-refractivity contribution in [2.24, 2.45) is 0 Å². The van der Waals surface area contributed by atoms with Gasteiger partial charge in [0, 0.05) is 30.3 Å². The van der Waals surface area contributed by atoms with Gasteiger partial charge in [0.2, 0.25) is 0 Å². The monoisotopic (exact) mass is 451 g/mol. The minimum absolute atomic E-state index is 0.0118.